The molecule has 1 aromatic rings. The van der Waals surface area contributed by atoms with Crippen LogP contribution in [-0.4, -0.2) is 29.8 Å². The molecule has 1 aliphatic heterocycles. The fraction of sp³-hybridized carbons (Fsp3) is 0.556. The Hall–Kier alpha value is -1.84. The summed E-state index contributed by atoms with van der Waals surface area (Å²) in [5.41, 5.74) is 0.0147. The second-order valence-corrected chi connectivity index (χ2v) is 6.77. The quantitative estimate of drug-likeness (QED) is 0.869. The monoisotopic (exact) mass is 302 g/mol. The Bertz CT molecular complexity index is 517. The van der Waals surface area contributed by atoms with E-state index in [2.05, 4.69) is 12.2 Å². The number of piperidine rings is 1. The first-order chi connectivity index (χ1) is 10.4. The molecule has 1 fully saturated rings. The Morgan fingerprint density at radius 2 is 1.77 bits per heavy atom. The van der Waals surface area contributed by atoms with Gasteiger partial charge in [-0.3, -0.25) is 9.59 Å². The number of benzene rings is 1. The first-order valence-electron chi connectivity index (χ1n) is 8.03. The van der Waals surface area contributed by atoms with Crippen LogP contribution in [-0.2, 0) is 16.1 Å². The summed E-state index contributed by atoms with van der Waals surface area (Å²) >= 11 is 0. The van der Waals surface area contributed by atoms with E-state index >= 15 is 0 Å². The van der Waals surface area contributed by atoms with Gasteiger partial charge < -0.3 is 10.2 Å². The molecular weight excluding hydrogens is 276 g/mol. The molecule has 0 unspecified atom stereocenters. The zero-order valence-electron chi connectivity index (χ0n) is 13.8. The first-order valence-corrected chi connectivity index (χ1v) is 8.03. The molecule has 120 valence electrons. The third-order valence-electron chi connectivity index (χ3n) is 4.47. The van der Waals surface area contributed by atoms with Gasteiger partial charge >= 0.3 is 0 Å². The summed E-state index contributed by atoms with van der Waals surface area (Å²) in [6.07, 6.45) is 2.04. The molecule has 1 heterocycles. The molecule has 1 aromatic carbocycles. The summed E-state index contributed by atoms with van der Waals surface area (Å²) in [7, 11) is 0. The molecule has 0 aliphatic carbocycles. The van der Waals surface area contributed by atoms with E-state index in [1.807, 2.05) is 35.2 Å². The fourth-order valence-electron chi connectivity index (χ4n) is 2.70. The first kappa shape index (κ1) is 16.5. The van der Waals surface area contributed by atoms with Crippen molar-refractivity contribution in [1.29, 1.82) is 0 Å². The highest BCUT2D eigenvalue weighted by atomic mass is 16.2. The van der Waals surface area contributed by atoms with E-state index in [0.29, 0.717) is 12.5 Å². The Balaban J connectivity index is 1.93. The molecule has 1 aliphatic rings. The van der Waals surface area contributed by atoms with Gasteiger partial charge in [-0.1, -0.05) is 37.3 Å². The molecule has 0 saturated carbocycles. The van der Waals surface area contributed by atoms with Crippen molar-refractivity contribution in [1.82, 2.24) is 10.2 Å². The third-order valence-corrected chi connectivity index (χ3v) is 4.47. The topological polar surface area (TPSA) is 49.4 Å². The third kappa shape index (κ3) is 3.87. The van der Waals surface area contributed by atoms with Gasteiger partial charge in [0.25, 0.3) is 0 Å². The van der Waals surface area contributed by atoms with Crippen molar-refractivity contribution < 1.29 is 9.59 Å². The average Bonchev–Trinajstić information content (AvgIpc) is 2.53. The van der Waals surface area contributed by atoms with Gasteiger partial charge in [0.05, 0.1) is 0 Å². The van der Waals surface area contributed by atoms with E-state index in [4.69, 9.17) is 0 Å². The average molecular weight is 302 g/mol. The van der Waals surface area contributed by atoms with Crippen LogP contribution in [0.25, 0.3) is 0 Å². The molecule has 4 nitrogen and oxygen atoms in total. The second kappa shape index (κ2) is 6.95. The molecule has 0 bridgehead atoms. The predicted molar refractivity (Wildman–Crippen MR) is 87.0 cm³/mol. The van der Waals surface area contributed by atoms with Crippen molar-refractivity contribution in [2.75, 3.05) is 13.1 Å². The summed E-state index contributed by atoms with van der Waals surface area (Å²) < 4.78 is 0. The number of hydrogen-bond acceptors (Lipinski definition) is 2. The van der Waals surface area contributed by atoms with Crippen LogP contribution in [0.5, 0.6) is 0 Å². The highest BCUT2D eigenvalue weighted by molar-refractivity contribution is 6.04. The van der Waals surface area contributed by atoms with Gasteiger partial charge in [0.15, 0.2) is 0 Å². The van der Waals surface area contributed by atoms with Gasteiger partial charge in [0.1, 0.15) is 5.41 Å². The SMILES string of the molecule is CC1CCN(C(=O)C(C)(C)C(=O)NCc2ccccc2)CC1. The van der Waals surface area contributed by atoms with E-state index in [-0.39, 0.29) is 11.8 Å². The number of rotatable bonds is 4. The van der Waals surface area contributed by atoms with Crippen molar-refractivity contribution in [3.8, 4) is 0 Å². The molecule has 0 spiro atoms. The Kier molecular flexibility index (Phi) is 5.22. The Labute approximate surface area is 132 Å². The van der Waals surface area contributed by atoms with Gasteiger partial charge in [0.2, 0.25) is 11.8 Å². The number of carbonyl (C=O) groups is 2. The molecule has 22 heavy (non-hydrogen) atoms. The van der Waals surface area contributed by atoms with Crippen molar-refractivity contribution in [3.63, 3.8) is 0 Å². The minimum atomic E-state index is -1.02. The molecule has 2 amide bonds. The normalized spacial score (nSPS) is 16.4. The summed E-state index contributed by atoms with van der Waals surface area (Å²) in [6.45, 7) is 7.61. The standard InChI is InChI=1S/C18H26N2O2/c1-14-9-11-20(12-10-14)17(22)18(2,3)16(21)19-13-15-7-5-4-6-8-15/h4-8,14H,9-13H2,1-3H3,(H,19,21). The predicted octanol–water partition coefficient (Wildman–Crippen LogP) is 2.59. The second-order valence-electron chi connectivity index (χ2n) is 6.77. The molecule has 2 rings (SSSR count). The number of nitrogens with one attached hydrogen (secondary N) is 1. The van der Waals surface area contributed by atoms with Gasteiger partial charge in [-0.15, -0.1) is 0 Å². The van der Waals surface area contributed by atoms with Gasteiger partial charge in [-0.25, -0.2) is 0 Å². The zero-order valence-corrected chi connectivity index (χ0v) is 13.8. The highest BCUT2D eigenvalue weighted by Gasteiger charge is 2.39. The molecule has 1 saturated heterocycles. The largest absolute Gasteiger partial charge is 0.351 e. The number of likely N-dealkylation sites (tertiary alicyclic amines) is 1. The van der Waals surface area contributed by atoms with Gasteiger partial charge in [0, 0.05) is 19.6 Å². The maximum absolute atomic E-state index is 12.6. The minimum Gasteiger partial charge on any atom is -0.351 e. The Morgan fingerprint density at radius 1 is 1.18 bits per heavy atom. The lowest BCUT2D eigenvalue weighted by molar-refractivity contribution is -0.149. The van der Waals surface area contributed by atoms with Crippen LogP contribution in [0.3, 0.4) is 0 Å². The molecule has 4 heteroatoms. The van der Waals surface area contributed by atoms with Crippen LogP contribution in [0.4, 0.5) is 0 Å². The number of carbonyl (C=O) groups excluding carboxylic acids is 2. The maximum atomic E-state index is 12.6. The van der Waals surface area contributed by atoms with E-state index < -0.39 is 5.41 Å². The molecule has 0 atom stereocenters. The number of nitrogens with zero attached hydrogens (tertiary/aromatic N) is 1. The smallest absolute Gasteiger partial charge is 0.237 e. The van der Waals surface area contributed by atoms with Gasteiger partial charge in [-0.05, 0) is 38.2 Å². The van der Waals surface area contributed by atoms with Gasteiger partial charge in [-0.2, -0.15) is 0 Å². The summed E-state index contributed by atoms with van der Waals surface area (Å²) in [6, 6.07) is 9.73. The molecular formula is C18H26N2O2. The minimum absolute atomic E-state index is 0.0649. The van der Waals surface area contributed by atoms with E-state index in [1.165, 1.54) is 0 Å². The van der Waals surface area contributed by atoms with Crippen LogP contribution in [0.2, 0.25) is 0 Å². The number of amides is 2. The molecule has 0 aromatic heterocycles. The van der Waals surface area contributed by atoms with Crippen LogP contribution >= 0.6 is 0 Å². The lowest BCUT2D eigenvalue weighted by atomic mass is 9.88. The fourth-order valence-corrected chi connectivity index (χ4v) is 2.70. The van der Waals surface area contributed by atoms with E-state index in [1.54, 1.807) is 13.8 Å². The van der Waals surface area contributed by atoms with Crippen molar-refractivity contribution in [2.24, 2.45) is 11.3 Å². The summed E-state index contributed by atoms with van der Waals surface area (Å²) in [4.78, 5) is 26.9. The van der Waals surface area contributed by atoms with Crippen molar-refractivity contribution >= 4 is 11.8 Å². The van der Waals surface area contributed by atoms with E-state index in [0.717, 1.165) is 31.5 Å². The van der Waals surface area contributed by atoms with Crippen LogP contribution in [0, 0.1) is 11.3 Å². The Morgan fingerprint density at radius 3 is 2.36 bits per heavy atom. The van der Waals surface area contributed by atoms with Crippen molar-refractivity contribution in [2.45, 2.75) is 40.2 Å². The van der Waals surface area contributed by atoms with Crippen molar-refractivity contribution in [3.05, 3.63) is 35.9 Å². The lowest BCUT2D eigenvalue weighted by Crippen LogP contribution is -2.51. The highest BCUT2D eigenvalue weighted by Crippen LogP contribution is 2.24. The molecule has 1 N–H and O–H groups in total. The van der Waals surface area contributed by atoms with Crippen LogP contribution < -0.4 is 5.32 Å². The summed E-state index contributed by atoms with van der Waals surface area (Å²) in [5.74, 6) is 0.393. The lowest BCUT2D eigenvalue weighted by Gasteiger charge is -2.35. The van der Waals surface area contributed by atoms with E-state index in [9.17, 15) is 9.59 Å². The van der Waals surface area contributed by atoms with Crippen LogP contribution in [0.1, 0.15) is 39.2 Å². The zero-order chi connectivity index (χ0) is 16.2. The van der Waals surface area contributed by atoms with Crippen LogP contribution in [0.15, 0.2) is 30.3 Å². The maximum Gasteiger partial charge on any atom is 0.237 e. The molecule has 0 radical (unpaired) electrons. The summed E-state index contributed by atoms with van der Waals surface area (Å²) in [5, 5.41) is 2.88. The number of hydrogen-bond donors (Lipinski definition) is 1.